The Hall–Kier alpha value is -2.10. The van der Waals surface area contributed by atoms with E-state index in [1.54, 1.807) is 0 Å². The molecule has 1 aromatic heterocycles. The number of aromatic nitrogens is 2. The summed E-state index contributed by atoms with van der Waals surface area (Å²) in [6.07, 6.45) is -4.24. The van der Waals surface area contributed by atoms with Crippen LogP contribution in [0.15, 0.2) is 32.3 Å². The quantitative estimate of drug-likeness (QED) is 0.707. The average Bonchev–Trinajstić information content (AvgIpc) is 2.50. The number of alkyl halides is 3. The Balaban J connectivity index is 2.73. The molecular weight excluding hydrogens is 412 g/mol. The number of rotatable bonds is 4. The van der Waals surface area contributed by atoms with E-state index in [9.17, 15) is 27.2 Å². The highest BCUT2D eigenvalue weighted by Crippen LogP contribution is 2.30. The minimum atomic E-state index is -4.89. The van der Waals surface area contributed by atoms with E-state index in [-0.39, 0.29) is 20.9 Å². The van der Waals surface area contributed by atoms with E-state index >= 15 is 0 Å². The second kappa shape index (κ2) is 7.03. The summed E-state index contributed by atoms with van der Waals surface area (Å²) < 4.78 is 59.1. The van der Waals surface area contributed by atoms with Crippen LogP contribution in [0, 0.1) is 5.82 Å². The third-order valence-electron chi connectivity index (χ3n) is 3.31. The van der Waals surface area contributed by atoms with Crippen LogP contribution in [-0.2, 0) is 13.2 Å². The van der Waals surface area contributed by atoms with Crippen LogP contribution in [0.5, 0.6) is 5.75 Å². The molecule has 0 aliphatic carbocycles. The van der Waals surface area contributed by atoms with Crippen molar-refractivity contribution in [3.63, 3.8) is 0 Å². The lowest BCUT2D eigenvalue weighted by Gasteiger charge is -2.15. The van der Waals surface area contributed by atoms with Gasteiger partial charge in [-0.25, -0.2) is 13.8 Å². The van der Waals surface area contributed by atoms with Gasteiger partial charge >= 0.3 is 11.9 Å². The maximum absolute atomic E-state index is 14.2. The molecule has 0 aliphatic heterocycles. The molecule has 0 atom stereocenters. The predicted octanol–water partition coefficient (Wildman–Crippen LogP) is 3.25. The molecular formula is C15H13BrF4N2O3. The fourth-order valence-electron chi connectivity index (χ4n) is 2.13. The van der Waals surface area contributed by atoms with Gasteiger partial charge in [-0.2, -0.15) is 13.2 Å². The van der Waals surface area contributed by atoms with Crippen molar-refractivity contribution in [3.05, 3.63) is 55.0 Å². The first-order chi connectivity index (χ1) is 11.6. The third-order valence-corrected chi connectivity index (χ3v) is 3.93. The molecule has 0 saturated carbocycles. The SMILES string of the molecule is CCCOc1cc(-n2c(=O)cc(C(F)(F)F)n(C)c2=O)c(F)cc1Br. The van der Waals surface area contributed by atoms with Gasteiger partial charge in [-0.05, 0) is 28.4 Å². The van der Waals surface area contributed by atoms with Crippen molar-refractivity contribution in [2.45, 2.75) is 19.5 Å². The van der Waals surface area contributed by atoms with Crippen LogP contribution < -0.4 is 16.0 Å². The van der Waals surface area contributed by atoms with Gasteiger partial charge in [-0.3, -0.25) is 9.36 Å². The first kappa shape index (κ1) is 19.2. The molecule has 2 aromatic rings. The van der Waals surface area contributed by atoms with Crippen LogP contribution >= 0.6 is 15.9 Å². The maximum Gasteiger partial charge on any atom is 0.431 e. The highest BCUT2D eigenvalue weighted by atomic mass is 79.9. The topological polar surface area (TPSA) is 53.2 Å². The van der Waals surface area contributed by atoms with Crippen LogP contribution in [0.3, 0.4) is 0 Å². The summed E-state index contributed by atoms with van der Waals surface area (Å²) >= 11 is 3.09. The van der Waals surface area contributed by atoms with Gasteiger partial charge in [0.25, 0.3) is 5.56 Å². The van der Waals surface area contributed by atoms with Crippen molar-refractivity contribution in [2.24, 2.45) is 7.05 Å². The minimum absolute atomic E-state index is 0.159. The zero-order chi connectivity index (χ0) is 18.9. The lowest BCUT2D eigenvalue weighted by molar-refractivity contribution is -0.144. The number of ether oxygens (including phenoxy) is 1. The molecule has 5 nitrogen and oxygen atoms in total. The highest BCUT2D eigenvalue weighted by Gasteiger charge is 2.35. The first-order valence-electron chi connectivity index (χ1n) is 7.10. The summed E-state index contributed by atoms with van der Waals surface area (Å²) in [6, 6.07) is 2.31. The van der Waals surface area contributed by atoms with Gasteiger partial charge in [0.05, 0.1) is 16.8 Å². The van der Waals surface area contributed by atoms with Crippen LogP contribution in [0.4, 0.5) is 17.6 Å². The van der Waals surface area contributed by atoms with Crippen LogP contribution in [-0.4, -0.2) is 15.7 Å². The zero-order valence-corrected chi connectivity index (χ0v) is 14.7. The van der Waals surface area contributed by atoms with Crippen molar-refractivity contribution >= 4 is 15.9 Å². The number of nitrogens with zero attached hydrogens (tertiary/aromatic N) is 2. The first-order valence-corrected chi connectivity index (χ1v) is 7.89. The summed E-state index contributed by atoms with van der Waals surface area (Å²) in [6.45, 7) is 2.14. The standard InChI is InChI=1S/C15H13BrF4N2O3/c1-3-4-25-11-6-10(9(17)5-8(11)16)22-13(23)7-12(15(18,19)20)21(2)14(22)24/h5-7H,3-4H2,1-2H3. The van der Waals surface area contributed by atoms with E-state index in [1.165, 1.54) is 0 Å². The van der Waals surface area contributed by atoms with Gasteiger partial charge in [0.1, 0.15) is 17.3 Å². The van der Waals surface area contributed by atoms with Gasteiger partial charge in [0.2, 0.25) is 0 Å². The van der Waals surface area contributed by atoms with Crippen LogP contribution in [0.25, 0.3) is 5.69 Å². The molecule has 0 radical (unpaired) electrons. The Morgan fingerprint density at radius 1 is 1.20 bits per heavy atom. The summed E-state index contributed by atoms with van der Waals surface area (Å²) in [4.78, 5) is 24.3. The van der Waals surface area contributed by atoms with E-state index in [2.05, 4.69) is 15.9 Å². The van der Waals surface area contributed by atoms with Gasteiger partial charge in [-0.15, -0.1) is 0 Å². The lowest BCUT2D eigenvalue weighted by Crippen LogP contribution is -2.41. The van der Waals surface area contributed by atoms with Gasteiger partial charge in [0.15, 0.2) is 0 Å². The molecule has 136 valence electrons. The second-order valence-corrected chi connectivity index (χ2v) is 5.98. The fraction of sp³-hybridized carbons (Fsp3) is 0.333. The van der Waals surface area contributed by atoms with Crippen molar-refractivity contribution in [1.29, 1.82) is 0 Å². The molecule has 1 aromatic carbocycles. The normalized spacial score (nSPS) is 11.6. The van der Waals surface area contributed by atoms with E-state index < -0.39 is 34.6 Å². The molecule has 0 N–H and O–H groups in total. The number of hydrogen-bond acceptors (Lipinski definition) is 3. The molecule has 2 rings (SSSR count). The Bertz CT molecular complexity index is 919. The Morgan fingerprint density at radius 2 is 1.84 bits per heavy atom. The third kappa shape index (κ3) is 3.78. The summed E-state index contributed by atoms with van der Waals surface area (Å²) in [5, 5.41) is 0. The molecule has 0 saturated heterocycles. The van der Waals surface area contributed by atoms with Crippen molar-refractivity contribution in [3.8, 4) is 11.4 Å². The molecule has 25 heavy (non-hydrogen) atoms. The van der Waals surface area contributed by atoms with Gasteiger partial charge in [0, 0.05) is 19.2 Å². The smallest absolute Gasteiger partial charge is 0.431 e. The molecule has 0 amide bonds. The Kier molecular flexibility index (Phi) is 5.40. The fourth-order valence-corrected chi connectivity index (χ4v) is 2.56. The minimum Gasteiger partial charge on any atom is -0.492 e. The van der Waals surface area contributed by atoms with Crippen molar-refractivity contribution < 1.29 is 22.3 Å². The Labute approximate surface area is 147 Å². The van der Waals surface area contributed by atoms with Gasteiger partial charge < -0.3 is 4.74 Å². The largest absolute Gasteiger partial charge is 0.492 e. The molecule has 10 heteroatoms. The highest BCUT2D eigenvalue weighted by molar-refractivity contribution is 9.10. The monoisotopic (exact) mass is 424 g/mol. The van der Waals surface area contributed by atoms with E-state index in [0.29, 0.717) is 17.6 Å². The predicted molar refractivity (Wildman–Crippen MR) is 85.7 cm³/mol. The zero-order valence-electron chi connectivity index (χ0n) is 13.2. The molecule has 0 bridgehead atoms. The van der Waals surface area contributed by atoms with Crippen molar-refractivity contribution in [2.75, 3.05) is 6.61 Å². The van der Waals surface area contributed by atoms with E-state index in [1.807, 2.05) is 6.92 Å². The molecule has 0 unspecified atom stereocenters. The molecule has 0 aliphatic rings. The second-order valence-electron chi connectivity index (χ2n) is 5.13. The maximum atomic E-state index is 14.2. The van der Waals surface area contributed by atoms with Gasteiger partial charge in [-0.1, -0.05) is 6.92 Å². The number of halogens is 5. The molecule has 0 fully saturated rings. The lowest BCUT2D eigenvalue weighted by atomic mass is 10.2. The number of benzene rings is 1. The summed E-state index contributed by atoms with van der Waals surface area (Å²) in [5.41, 5.74) is -4.52. The van der Waals surface area contributed by atoms with E-state index in [4.69, 9.17) is 4.74 Å². The average molecular weight is 425 g/mol. The molecule has 1 heterocycles. The Morgan fingerprint density at radius 3 is 2.40 bits per heavy atom. The molecule has 0 spiro atoms. The van der Waals surface area contributed by atoms with Crippen LogP contribution in [0.2, 0.25) is 0 Å². The summed E-state index contributed by atoms with van der Waals surface area (Å²) in [5.74, 6) is -0.804. The van der Waals surface area contributed by atoms with E-state index in [0.717, 1.165) is 19.2 Å². The van der Waals surface area contributed by atoms with Crippen molar-refractivity contribution in [1.82, 2.24) is 9.13 Å². The summed E-state index contributed by atoms with van der Waals surface area (Å²) in [7, 11) is 0.854. The number of hydrogen-bond donors (Lipinski definition) is 0. The van der Waals surface area contributed by atoms with Crippen LogP contribution in [0.1, 0.15) is 19.0 Å².